The number of amides is 1. The molecule has 0 atom stereocenters. The number of rotatable bonds is 4. The number of carbonyl (C=O) groups excluding carboxylic acids is 1. The number of sulfonamides is 1. The Balaban J connectivity index is 1.73. The van der Waals surface area contributed by atoms with Crippen molar-refractivity contribution in [3.8, 4) is 5.75 Å². The minimum atomic E-state index is -4.02. The summed E-state index contributed by atoms with van der Waals surface area (Å²) in [6.45, 7) is 3.62. The van der Waals surface area contributed by atoms with Gasteiger partial charge in [0.25, 0.3) is 15.9 Å². The smallest absolute Gasteiger partial charge is 0.269 e. The minimum absolute atomic E-state index is 0.112. The molecule has 1 aliphatic heterocycles. The second-order valence-corrected chi connectivity index (χ2v) is 7.04. The summed E-state index contributed by atoms with van der Waals surface area (Å²) < 4.78 is 36.7. The fourth-order valence-corrected chi connectivity index (χ4v) is 3.83. The molecule has 0 radical (unpaired) electrons. The number of hydrogen-bond donors (Lipinski definition) is 1. The maximum absolute atomic E-state index is 12.2. The third kappa shape index (κ3) is 3.18. The lowest BCUT2D eigenvalue weighted by molar-refractivity contribution is -0.114. The molecule has 8 heteroatoms. The molecule has 0 aliphatic carbocycles. The van der Waals surface area contributed by atoms with Crippen LogP contribution in [-0.4, -0.2) is 26.1 Å². The Bertz CT molecular complexity index is 908. The van der Waals surface area contributed by atoms with Crippen molar-refractivity contribution in [1.82, 2.24) is 9.88 Å². The Morgan fingerprint density at radius 2 is 2.12 bits per heavy atom. The van der Waals surface area contributed by atoms with Crippen molar-refractivity contribution in [3.63, 3.8) is 0 Å². The number of fused-ring (bicyclic) bond motifs is 1. The Morgan fingerprint density at radius 3 is 2.83 bits per heavy atom. The van der Waals surface area contributed by atoms with Crippen LogP contribution >= 0.6 is 0 Å². The first-order chi connectivity index (χ1) is 11.4. The monoisotopic (exact) mass is 348 g/mol. The Labute approximate surface area is 139 Å². The van der Waals surface area contributed by atoms with E-state index in [4.69, 9.17) is 9.26 Å². The summed E-state index contributed by atoms with van der Waals surface area (Å²) >= 11 is 0. The quantitative estimate of drug-likeness (QED) is 0.845. The highest BCUT2D eigenvalue weighted by Crippen LogP contribution is 2.26. The molecule has 0 bridgehead atoms. The molecule has 0 saturated carbocycles. The topological polar surface area (TPSA) is 98.5 Å². The van der Waals surface area contributed by atoms with Crippen LogP contribution in [0, 0.1) is 13.8 Å². The second kappa shape index (κ2) is 6.12. The van der Waals surface area contributed by atoms with Crippen LogP contribution in [0.15, 0.2) is 33.7 Å². The van der Waals surface area contributed by atoms with Crippen LogP contribution in [0.4, 0.5) is 0 Å². The van der Waals surface area contributed by atoms with Gasteiger partial charge in [0, 0.05) is 12.5 Å². The molecule has 1 N–H and O–H groups in total. The van der Waals surface area contributed by atoms with E-state index in [2.05, 4.69) is 5.16 Å². The highest BCUT2D eigenvalue weighted by atomic mass is 32.2. The SMILES string of the molecule is Cc1noc(C)c1S(=O)(=O)NC(=O)C=Cc1ccc2c(c1)CCO2. The lowest BCUT2D eigenvalue weighted by Gasteiger charge is -2.04. The fourth-order valence-electron chi connectivity index (χ4n) is 2.56. The predicted octanol–water partition coefficient (Wildman–Crippen LogP) is 1.74. The largest absolute Gasteiger partial charge is 0.493 e. The van der Waals surface area contributed by atoms with Gasteiger partial charge in [0.2, 0.25) is 0 Å². The highest BCUT2D eigenvalue weighted by Gasteiger charge is 2.25. The van der Waals surface area contributed by atoms with Gasteiger partial charge in [-0.25, -0.2) is 13.1 Å². The fraction of sp³-hybridized carbons (Fsp3) is 0.250. The van der Waals surface area contributed by atoms with E-state index < -0.39 is 15.9 Å². The first-order valence-electron chi connectivity index (χ1n) is 7.30. The van der Waals surface area contributed by atoms with Gasteiger partial charge in [0.1, 0.15) is 11.4 Å². The molecule has 1 amide bonds. The van der Waals surface area contributed by atoms with E-state index in [1.54, 1.807) is 12.1 Å². The van der Waals surface area contributed by atoms with E-state index in [1.807, 2.05) is 16.9 Å². The zero-order valence-corrected chi connectivity index (χ0v) is 14.0. The number of nitrogens with zero attached hydrogens (tertiary/aromatic N) is 1. The summed E-state index contributed by atoms with van der Waals surface area (Å²) in [4.78, 5) is 11.8. The van der Waals surface area contributed by atoms with Crippen molar-refractivity contribution >= 4 is 22.0 Å². The Hall–Kier alpha value is -2.61. The van der Waals surface area contributed by atoms with Crippen LogP contribution in [0.1, 0.15) is 22.6 Å². The average Bonchev–Trinajstić information content (AvgIpc) is 3.10. The second-order valence-electron chi connectivity index (χ2n) is 5.42. The summed E-state index contributed by atoms with van der Waals surface area (Å²) in [6.07, 6.45) is 3.55. The highest BCUT2D eigenvalue weighted by molar-refractivity contribution is 7.90. The van der Waals surface area contributed by atoms with Gasteiger partial charge in [0.05, 0.1) is 6.61 Å². The molecule has 1 aliphatic rings. The third-order valence-electron chi connectivity index (χ3n) is 3.61. The van der Waals surface area contributed by atoms with Crippen LogP contribution in [0.2, 0.25) is 0 Å². The maximum Gasteiger partial charge on any atom is 0.269 e. The number of nitrogens with one attached hydrogen (secondary N) is 1. The van der Waals surface area contributed by atoms with Crippen LogP contribution < -0.4 is 9.46 Å². The van der Waals surface area contributed by atoms with Gasteiger partial charge in [-0.05, 0) is 43.2 Å². The maximum atomic E-state index is 12.2. The molecule has 0 saturated heterocycles. The molecule has 0 fully saturated rings. The van der Waals surface area contributed by atoms with Gasteiger partial charge in [-0.2, -0.15) is 0 Å². The van der Waals surface area contributed by atoms with Crippen molar-refractivity contribution in [2.75, 3.05) is 6.61 Å². The van der Waals surface area contributed by atoms with Gasteiger partial charge in [0.15, 0.2) is 10.7 Å². The van der Waals surface area contributed by atoms with E-state index in [-0.39, 0.29) is 16.3 Å². The van der Waals surface area contributed by atoms with Crippen LogP contribution in [0.25, 0.3) is 6.08 Å². The lowest BCUT2D eigenvalue weighted by atomic mass is 10.1. The van der Waals surface area contributed by atoms with Gasteiger partial charge < -0.3 is 9.26 Å². The Morgan fingerprint density at radius 1 is 1.33 bits per heavy atom. The molecule has 1 aromatic carbocycles. The molecule has 126 valence electrons. The standard InChI is InChI=1S/C16H16N2O5S/c1-10-16(11(2)23-17-10)24(20,21)18-15(19)6-4-12-3-5-14-13(9-12)7-8-22-14/h3-6,9H,7-8H2,1-2H3,(H,18,19). The lowest BCUT2D eigenvalue weighted by Crippen LogP contribution is -2.29. The summed E-state index contributed by atoms with van der Waals surface area (Å²) in [7, 11) is -4.02. The molecule has 3 rings (SSSR count). The molecular formula is C16H16N2O5S. The van der Waals surface area contributed by atoms with E-state index in [0.717, 1.165) is 23.3 Å². The number of ether oxygens (including phenoxy) is 1. The van der Waals surface area contributed by atoms with Crippen molar-refractivity contribution in [2.45, 2.75) is 25.2 Å². The molecule has 24 heavy (non-hydrogen) atoms. The van der Waals surface area contributed by atoms with Crippen molar-refractivity contribution in [3.05, 3.63) is 46.9 Å². The summed E-state index contributed by atoms with van der Waals surface area (Å²) in [5, 5.41) is 3.58. The van der Waals surface area contributed by atoms with Gasteiger partial charge in [-0.1, -0.05) is 11.2 Å². The number of hydrogen-bond acceptors (Lipinski definition) is 6. The van der Waals surface area contributed by atoms with Crippen LogP contribution in [0.3, 0.4) is 0 Å². The van der Waals surface area contributed by atoms with Crippen molar-refractivity contribution in [2.24, 2.45) is 0 Å². The molecule has 7 nitrogen and oxygen atoms in total. The van der Waals surface area contributed by atoms with E-state index in [0.29, 0.717) is 6.61 Å². The zero-order chi connectivity index (χ0) is 17.3. The van der Waals surface area contributed by atoms with Crippen LogP contribution in [0.5, 0.6) is 5.75 Å². The predicted molar refractivity (Wildman–Crippen MR) is 86.0 cm³/mol. The first-order valence-corrected chi connectivity index (χ1v) is 8.78. The van der Waals surface area contributed by atoms with E-state index in [1.165, 1.54) is 19.9 Å². The molecule has 0 unspecified atom stereocenters. The molecule has 2 aromatic rings. The molecule has 0 spiro atoms. The molecule has 2 heterocycles. The molecule has 1 aromatic heterocycles. The minimum Gasteiger partial charge on any atom is -0.493 e. The van der Waals surface area contributed by atoms with Crippen LogP contribution in [-0.2, 0) is 21.2 Å². The normalized spacial score (nSPS) is 13.8. The third-order valence-corrected chi connectivity index (χ3v) is 5.20. The van der Waals surface area contributed by atoms with E-state index in [9.17, 15) is 13.2 Å². The van der Waals surface area contributed by atoms with Gasteiger partial charge in [-0.3, -0.25) is 4.79 Å². The van der Waals surface area contributed by atoms with E-state index >= 15 is 0 Å². The summed E-state index contributed by atoms with van der Waals surface area (Å²) in [6, 6.07) is 5.55. The molecular weight excluding hydrogens is 332 g/mol. The first kappa shape index (κ1) is 16.3. The summed E-state index contributed by atoms with van der Waals surface area (Å²) in [5.41, 5.74) is 2.07. The van der Waals surface area contributed by atoms with Crippen molar-refractivity contribution in [1.29, 1.82) is 0 Å². The number of benzene rings is 1. The summed E-state index contributed by atoms with van der Waals surface area (Å²) in [5.74, 6) is 0.236. The van der Waals surface area contributed by atoms with Crippen molar-refractivity contribution < 1.29 is 22.5 Å². The number of aromatic nitrogens is 1. The zero-order valence-electron chi connectivity index (χ0n) is 13.2. The van der Waals surface area contributed by atoms with Gasteiger partial charge >= 0.3 is 0 Å². The number of aryl methyl sites for hydroxylation is 2. The van der Waals surface area contributed by atoms with Gasteiger partial charge in [-0.15, -0.1) is 0 Å². The Kier molecular flexibility index (Phi) is 4.15. The number of carbonyl (C=O) groups is 1. The average molecular weight is 348 g/mol.